The Balaban J connectivity index is 1.34. The van der Waals surface area contributed by atoms with Gasteiger partial charge in [0.2, 0.25) is 5.95 Å². The molecular formula is C21H27N5OS. The van der Waals surface area contributed by atoms with Gasteiger partial charge < -0.3 is 16.0 Å². The molecule has 0 bridgehead atoms. The van der Waals surface area contributed by atoms with E-state index in [1.165, 1.54) is 11.1 Å². The first kappa shape index (κ1) is 18.1. The van der Waals surface area contributed by atoms with Gasteiger partial charge in [0.25, 0.3) is 0 Å². The highest BCUT2D eigenvalue weighted by atomic mass is 32.2. The largest absolute Gasteiger partial charge is 0.365 e. The normalized spacial score (nSPS) is 26.9. The van der Waals surface area contributed by atoms with E-state index in [4.69, 9.17) is 15.7 Å². The highest BCUT2D eigenvalue weighted by Gasteiger charge is 2.36. The molecule has 2 aromatic rings. The number of fused-ring (bicyclic) bond motifs is 1. The van der Waals surface area contributed by atoms with Crippen LogP contribution in [0.3, 0.4) is 0 Å². The minimum atomic E-state index is -1.00. The van der Waals surface area contributed by atoms with Crippen LogP contribution >= 0.6 is 0 Å². The van der Waals surface area contributed by atoms with Crippen molar-refractivity contribution in [1.29, 1.82) is 0 Å². The summed E-state index contributed by atoms with van der Waals surface area (Å²) < 4.78 is 12.4. The van der Waals surface area contributed by atoms with Crippen LogP contribution in [0, 0.1) is 6.92 Å². The van der Waals surface area contributed by atoms with Crippen LogP contribution in [0.15, 0.2) is 29.2 Å². The zero-order valence-electron chi connectivity index (χ0n) is 16.2. The first-order valence-corrected chi connectivity index (χ1v) is 11.5. The van der Waals surface area contributed by atoms with Crippen LogP contribution in [0.25, 0.3) is 0 Å². The van der Waals surface area contributed by atoms with Crippen LogP contribution in [-0.2, 0) is 17.2 Å². The first-order valence-electron chi connectivity index (χ1n) is 10.2. The Kier molecular flexibility index (Phi) is 4.59. The Morgan fingerprint density at radius 3 is 2.57 bits per heavy atom. The maximum Gasteiger partial charge on any atom is 0.227 e. The quantitative estimate of drug-likeness (QED) is 0.824. The third-order valence-corrected chi connectivity index (χ3v) is 7.62. The fourth-order valence-corrected chi connectivity index (χ4v) is 5.54. The Labute approximate surface area is 168 Å². The van der Waals surface area contributed by atoms with E-state index >= 15 is 0 Å². The van der Waals surface area contributed by atoms with Crippen LogP contribution in [0.5, 0.6) is 0 Å². The van der Waals surface area contributed by atoms with Crippen molar-refractivity contribution in [3.63, 3.8) is 0 Å². The number of nitrogens with one attached hydrogen (secondary N) is 1. The third-order valence-electron chi connectivity index (χ3n) is 6.16. The molecule has 148 valence electrons. The molecule has 3 heterocycles. The zero-order valence-corrected chi connectivity index (χ0v) is 17.0. The minimum Gasteiger partial charge on any atom is -0.365 e. The van der Waals surface area contributed by atoms with E-state index in [9.17, 15) is 4.21 Å². The molecule has 1 aliphatic carbocycles. The summed E-state index contributed by atoms with van der Waals surface area (Å²) in [6.45, 7) is 4.02. The number of aryl methyl sites for hydroxylation is 2. The molecule has 3 aliphatic rings. The highest BCUT2D eigenvalue weighted by Crippen LogP contribution is 2.35. The molecule has 2 fully saturated rings. The van der Waals surface area contributed by atoms with E-state index in [1.807, 2.05) is 0 Å². The van der Waals surface area contributed by atoms with Crippen molar-refractivity contribution < 1.29 is 4.21 Å². The predicted octanol–water partition coefficient (Wildman–Crippen LogP) is 2.34. The highest BCUT2D eigenvalue weighted by molar-refractivity contribution is 7.85. The number of aromatic nitrogens is 2. The average molecular weight is 398 g/mol. The van der Waals surface area contributed by atoms with Crippen molar-refractivity contribution in [3.8, 4) is 0 Å². The summed E-state index contributed by atoms with van der Waals surface area (Å²) in [5.41, 5.74) is 9.64. The smallest absolute Gasteiger partial charge is 0.227 e. The summed E-state index contributed by atoms with van der Waals surface area (Å²) in [6, 6.07) is 9.35. The summed E-state index contributed by atoms with van der Waals surface area (Å²) in [7, 11) is -1.00. The molecule has 3 N–H and O–H groups in total. The number of anilines is 2. The molecule has 2 unspecified atom stereocenters. The molecule has 1 saturated heterocycles. The van der Waals surface area contributed by atoms with E-state index in [-0.39, 0.29) is 12.1 Å². The van der Waals surface area contributed by atoms with Crippen molar-refractivity contribution in [2.45, 2.75) is 55.5 Å². The van der Waals surface area contributed by atoms with Crippen LogP contribution in [0.4, 0.5) is 11.8 Å². The fraction of sp³-hybridized carbons (Fsp3) is 0.524. The molecule has 5 rings (SSSR count). The van der Waals surface area contributed by atoms with Crippen molar-refractivity contribution in [1.82, 2.24) is 9.97 Å². The number of hydrogen-bond donors (Lipinski definition) is 2. The number of piperidine rings is 1. The zero-order chi connectivity index (χ0) is 19.3. The van der Waals surface area contributed by atoms with Gasteiger partial charge in [-0.2, -0.15) is 4.98 Å². The van der Waals surface area contributed by atoms with Crippen molar-refractivity contribution in [2.24, 2.45) is 5.73 Å². The van der Waals surface area contributed by atoms with Crippen molar-refractivity contribution in [3.05, 3.63) is 41.1 Å². The lowest BCUT2D eigenvalue weighted by Gasteiger charge is -2.32. The first-order chi connectivity index (χ1) is 13.6. The van der Waals surface area contributed by atoms with E-state index in [0.29, 0.717) is 11.7 Å². The summed E-state index contributed by atoms with van der Waals surface area (Å²) in [4.78, 5) is 12.7. The molecular weight excluding hydrogens is 370 g/mol. The number of nitrogens with zero attached hydrogens (tertiary/aromatic N) is 3. The molecule has 2 aliphatic heterocycles. The van der Waals surface area contributed by atoms with Crippen LogP contribution in [0.1, 0.15) is 42.0 Å². The van der Waals surface area contributed by atoms with Gasteiger partial charge in [-0.15, -0.1) is 0 Å². The lowest BCUT2D eigenvalue weighted by Crippen LogP contribution is -2.34. The lowest BCUT2D eigenvalue weighted by atomic mass is 9.89. The molecule has 1 aromatic carbocycles. The van der Waals surface area contributed by atoms with Crippen LogP contribution in [0.2, 0.25) is 0 Å². The monoisotopic (exact) mass is 397 g/mol. The Hall–Kier alpha value is -1.99. The summed E-state index contributed by atoms with van der Waals surface area (Å²) in [5, 5.41) is 3.42. The topological polar surface area (TPSA) is 84.1 Å². The van der Waals surface area contributed by atoms with Gasteiger partial charge in [-0.05, 0) is 37.7 Å². The lowest BCUT2D eigenvalue weighted by molar-refractivity contribution is 0.499. The molecule has 1 saturated carbocycles. The number of benzene rings is 1. The molecule has 6 nitrogen and oxygen atoms in total. The molecule has 0 spiro atoms. The SMILES string of the molecule is Cc1ccc(C2CCN(c3nc4c(c(NC5C[C@H]5N)n3)S(=O)CC4)CC2)cc1. The Morgan fingerprint density at radius 2 is 1.89 bits per heavy atom. The summed E-state index contributed by atoms with van der Waals surface area (Å²) >= 11 is 0. The molecule has 0 amide bonds. The van der Waals surface area contributed by atoms with Crippen molar-refractivity contribution in [2.75, 3.05) is 29.1 Å². The maximum absolute atomic E-state index is 12.4. The molecule has 3 atom stereocenters. The third kappa shape index (κ3) is 3.42. The van der Waals surface area contributed by atoms with E-state index in [1.54, 1.807) is 0 Å². The number of rotatable bonds is 4. The molecule has 0 radical (unpaired) electrons. The van der Waals surface area contributed by atoms with Gasteiger partial charge in [0.05, 0.1) is 16.5 Å². The fourth-order valence-electron chi connectivity index (χ4n) is 4.23. The second kappa shape index (κ2) is 7.12. The summed E-state index contributed by atoms with van der Waals surface area (Å²) in [6.07, 6.45) is 3.92. The van der Waals surface area contributed by atoms with Gasteiger partial charge in [0.1, 0.15) is 10.7 Å². The Bertz CT molecular complexity index is 908. The van der Waals surface area contributed by atoms with E-state index in [0.717, 1.165) is 61.1 Å². The molecule has 28 heavy (non-hydrogen) atoms. The average Bonchev–Trinajstić information content (AvgIpc) is 3.26. The Morgan fingerprint density at radius 1 is 1.18 bits per heavy atom. The van der Waals surface area contributed by atoms with Crippen LogP contribution in [-0.4, -0.2) is 45.1 Å². The second-order valence-electron chi connectivity index (χ2n) is 8.27. The van der Waals surface area contributed by atoms with Crippen molar-refractivity contribution >= 4 is 22.6 Å². The van der Waals surface area contributed by atoms with Gasteiger partial charge in [0.15, 0.2) is 0 Å². The number of nitrogens with two attached hydrogens (primary N) is 1. The van der Waals surface area contributed by atoms with Crippen LogP contribution < -0.4 is 16.0 Å². The molecule has 7 heteroatoms. The minimum absolute atomic E-state index is 0.175. The second-order valence-corrected chi connectivity index (χ2v) is 9.78. The standard InChI is InChI=1S/C21H27N5OS/c1-13-2-4-14(5-3-13)15-6-9-26(10-7-15)21-24-17-8-11-28(27)19(17)20(25-21)23-18-12-16(18)22/h2-5,15-16,18H,6-12,22H2,1H3,(H,23,24,25)/t16-,18?,28?/m1/s1. The molecule has 1 aromatic heterocycles. The van der Waals surface area contributed by atoms with Gasteiger partial charge in [0, 0.05) is 37.3 Å². The van der Waals surface area contributed by atoms with Gasteiger partial charge in [-0.25, -0.2) is 4.98 Å². The van der Waals surface area contributed by atoms with Gasteiger partial charge in [-0.3, -0.25) is 4.21 Å². The van der Waals surface area contributed by atoms with E-state index < -0.39 is 10.8 Å². The number of hydrogen-bond acceptors (Lipinski definition) is 6. The summed E-state index contributed by atoms with van der Waals surface area (Å²) in [5.74, 6) is 2.76. The van der Waals surface area contributed by atoms with Gasteiger partial charge >= 0.3 is 0 Å². The van der Waals surface area contributed by atoms with E-state index in [2.05, 4.69) is 41.4 Å². The predicted molar refractivity (Wildman–Crippen MR) is 112 cm³/mol. The van der Waals surface area contributed by atoms with Gasteiger partial charge in [-0.1, -0.05) is 29.8 Å². The maximum atomic E-state index is 12.4.